The molecule has 0 radical (unpaired) electrons. The zero-order valence-electron chi connectivity index (χ0n) is 6.28. The predicted molar refractivity (Wildman–Crippen MR) is 57.1 cm³/mol. The van der Waals surface area contributed by atoms with Gasteiger partial charge >= 0.3 is 0 Å². The van der Waals surface area contributed by atoms with E-state index < -0.39 is 0 Å². The fourth-order valence-corrected chi connectivity index (χ4v) is 1.52. The molecule has 0 saturated carbocycles. The van der Waals surface area contributed by atoms with Crippen molar-refractivity contribution in [2.24, 2.45) is 0 Å². The van der Waals surface area contributed by atoms with E-state index in [2.05, 4.69) is 21.2 Å². The van der Waals surface area contributed by atoms with Gasteiger partial charge in [-0.2, -0.15) is 0 Å². The number of hydrogen-bond donors (Lipinski definition) is 1. The van der Waals surface area contributed by atoms with Crippen LogP contribution in [-0.4, -0.2) is 5.45 Å². The second kappa shape index (κ2) is 5.07. The highest BCUT2D eigenvalue weighted by Gasteiger charge is 1.99. The monoisotopic (exact) mass is 267 g/mol. The van der Waals surface area contributed by atoms with Crippen LogP contribution >= 0.6 is 39.1 Å². The fraction of sp³-hybridized carbons (Fsp3) is 0.250. The molecule has 0 heterocycles. The molecule has 0 spiro atoms. The van der Waals surface area contributed by atoms with Gasteiger partial charge in [-0.1, -0.05) is 45.2 Å². The van der Waals surface area contributed by atoms with E-state index in [0.717, 1.165) is 17.6 Å². The number of benzene rings is 1. The van der Waals surface area contributed by atoms with Gasteiger partial charge in [0.1, 0.15) is 0 Å². The topological polar surface area (TPSA) is 12.0 Å². The van der Waals surface area contributed by atoms with Gasteiger partial charge in [0.15, 0.2) is 0 Å². The van der Waals surface area contributed by atoms with Crippen LogP contribution in [0.4, 0.5) is 0 Å². The van der Waals surface area contributed by atoms with Crippen LogP contribution in [0.5, 0.6) is 0 Å². The second-order valence-electron chi connectivity index (χ2n) is 2.30. The minimum Gasteiger partial charge on any atom is -0.303 e. The number of halogens is 3. The van der Waals surface area contributed by atoms with Gasteiger partial charge in [-0.05, 0) is 17.7 Å². The van der Waals surface area contributed by atoms with Crippen molar-refractivity contribution in [3.8, 4) is 0 Å². The summed E-state index contributed by atoms with van der Waals surface area (Å²) in [5, 5.41) is 4.49. The van der Waals surface area contributed by atoms with Crippen LogP contribution in [0.1, 0.15) is 5.56 Å². The molecule has 0 amide bonds. The molecule has 1 N–H and O–H groups in total. The molecule has 1 aromatic rings. The molecule has 12 heavy (non-hydrogen) atoms. The predicted octanol–water partition coefficient (Wildman–Crippen LogP) is 3.44. The Balaban J connectivity index is 2.72. The normalized spacial score (nSPS) is 10.2. The molecular weight excluding hydrogens is 261 g/mol. The van der Waals surface area contributed by atoms with Gasteiger partial charge in [0.2, 0.25) is 0 Å². The van der Waals surface area contributed by atoms with Crippen molar-refractivity contribution in [3.63, 3.8) is 0 Å². The Morgan fingerprint density at radius 1 is 1.33 bits per heavy atom. The van der Waals surface area contributed by atoms with Crippen molar-refractivity contribution >= 4 is 39.1 Å². The summed E-state index contributed by atoms with van der Waals surface area (Å²) >= 11 is 14.9. The quantitative estimate of drug-likeness (QED) is 0.654. The van der Waals surface area contributed by atoms with E-state index in [0.29, 0.717) is 10.0 Å². The summed E-state index contributed by atoms with van der Waals surface area (Å²) in [6, 6.07) is 5.49. The molecular formula is C8H8BrCl2N. The van der Waals surface area contributed by atoms with Crippen molar-refractivity contribution in [1.29, 1.82) is 0 Å². The van der Waals surface area contributed by atoms with Gasteiger partial charge in [-0.25, -0.2) is 0 Å². The summed E-state index contributed by atoms with van der Waals surface area (Å²) in [4.78, 5) is 0. The van der Waals surface area contributed by atoms with Crippen LogP contribution < -0.4 is 5.32 Å². The second-order valence-corrected chi connectivity index (χ2v) is 3.70. The molecule has 0 unspecified atom stereocenters. The number of hydrogen-bond acceptors (Lipinski definition) is 1. The van der Waals surface area contributed by atoms with E-state index in [4.69, 9.17) is 23.2 Å². The molecule has 0 aromatic heterocycles. The minimum absolute atomic E-state index is 0.669. The van der Waals surface area contributed by atoms with Crippen molar-refractivity contribution in [3.05, 3.63) is 33.8 Å². The first-order chi connectivity index (χ1) is 5.74. The van der Waals surface area contributed by atoms with E-state index in [9.17, 15) is 0 Å². The van der Waals surface area contributed by atoms with Crippen molar-refractivity contribution in [2.45, 2.75) is 6.54 Å². The van der Waals surface area contributed by atoms with Gasteiger partial charge in [-0.3, -0.25) is 0 Å². The van der Waals surface area contributed by atoms with E-state index in [-0.39, 0.29) is 0 Å². The van der Waals surface area contributed by atoms with E-state index >= 15 is 0 Å². The van der Waals surface area contributed by atoms with Gasteiger partial charge in [-0.15, -0.1) is 0 Å². The first kappa shape index (κ1) is 10.3. The van der Waals surface area contributed by atoms with Crippen LogP contribution in [0, 0.1) is 0 Å². The lowest BCUT2D eigenvalue weighted by atomic mass is 10.2. The van der Waals surface area contributed by atoms with Crippen LogP contribution in [0.15, 0.2) is 18.2 Å². The summed E-state index contributed by atoms with van der Waals surface area (Å²) in [7, 11) is 0. The Labute approximate surface area is 90.2 Å². The van der Waals surface area contributed by atoms with Crippen LogP contribution in [0.3, 0.4) is 0 Å². The van der Waals surface area contributed by atoms with E-state index in [1.54, 1.807) is 6.07 Å². The molecule has 0 atom stereocenters. The third-order valence-corrected chi connectivity index (χ3v) is 2.41. The third kappa shape index (κ3) is 2.94. The third-order valence-electron chi connectivity index (χ3n) is 1.43. The first-order valence-corrected chi connectivity index (χ1v) is 5.32. The summed E-state index contributed by atoms with van der Waals surface area (Å²) in [5.74, 6) is 0. The first-order valence-electron chi connectivity index (χ1n) is 3.44. The standard InChI is InChI=1S/C8H8BrCl2N/c9-5-12-4-6-1-2-7(10)3-8(6)11/h1-3,12H,4-5H2. The molecule has 4 heteroatoms. The molecule has 1 aromatic carbocycles. The smallest absolute Gasteiger partial charge is 0.0519 e. The molecule has 0 aliphatic carbocycles. The Hall–Kier alpha value is 0.240. The molecule has 1 rings (SSSR count). The van der Waals surface area contributed by atoms with Crippen LogP contribution in [0.25, 0.3) is 0 Å². The lowest BCUT2D eigenvalue weighted by Crippen LogP contribution is -2.09. The van der Waals surface area contributed by atoms with Crippen molar-refractivity contribution in [1.82, 2.24) is 5.32 Å². The highest BCUT2D eigenvalue weighted by Crippen LogP contribution is 2.20. The molecule has 0 saturated heterocycles. The zero-order chi connectivity index (χ0) is 8.97. The molecule has 0 fully saturated rings. The van der Waals surface area contributed by atoms with Crippen molar-refractivity contribution < 1.29 is 0 Å². The summed E-state index contributed by atoms with van der Waals surface area (Å²) in [6.07, 6.45) is 0. The number of alkyl halides is 1. The largest absolute Gasteiger partial charge is 0.303 e. The average molecular weight is 269 g/mol. The summed E-state index contributed by atoms with van der Waals surface area (Å²) in [5.41, 5.74) is 1.81. The number of rotatable bonds is 3. The summed E-state index contributed by atoms with van der Waals surface area (Å²) < 4.78 is 0. The summed E-state index contributed by atoms with van der Waals surface area (Å²) in [6.45, 7) is 0.751. The average Bonchev–Trinajstić information content (AvgIpc) is 2.03. The molecule has 0 aliphatic heterocycles. The van der Waals surface area contributed by atoms with Crippen molar-refractivity contribution in [2.75, 3.05) is 5.45 Å². The lowest BCUT2D eigenvalue weighted by Gasteiger charge is -2.03. The Morgan fingerprint density at radius 2 is 2.08 bits per heavy atom. The SMILES string of the molecule is Clc1ccc(CNCBr)c(Cl)c1. The molecule has 1 nitrogen and oxygen atoms in total. The van der Waals surface area contributed by atoms with E-state index in [1.807, 2.05) is 12.1 Å². The van der Waals surface area contributed by atoms with Gasteiger partial charge < -0.3 is 5.32 Å². The Morgan fingerprint density at radius 3 is 2.67 bits per heavy atom. The minimum atomic E-state index is 0.669. The Bertz CT molecular complexity index is 265. The highest BCUT2D eigenvalue weighted by molar-refractivity contribution is 9.09. The lowest BCUT2D eigenvalue weighted by molar-refractivity contribution is 0.802. The fourth-order valence-electron chi connectivity index (χ4n) is 0.847. The maximum Gasteiger partial charge on any atom is 0.0519 e. The Kier molecular flexibility index (Phi) is 4.36. The van der Waals surface area contributed by atoms with Gasteiger partial charge in [0.05, 0.1) is 5.45 Å². The zero-order valence-corrected chi connectivity index (χ0v) is 9.38. The molecule has 66 valence electrons. The maximum atomic E-state index is 5.93. The highest BCUT2D eigenvalue weighted by atomic mass is 79.9. The van der Waals surface area contributed by atoms with Crippen LogP contribution in [-0.2, 0) is 6.54 Å². The molecule has 0 aliphatic rings. The van der Waals surface area contributed by atoms with Gasteiger partial charge in [0, 0.05) is 16.6 Å². The van der Waals surface area contributed by atoms with Gasteiger partial charge in [0.25, 0.3) is 0 Å². The maximum absolute atomic E-state index is 5.93. The van der Waals surface area contributed by atoms with Crippen LogP contribution in [0.2, 0.25) is 10.0 Å². The van der Waals surface area contributed by atoms with E-state index in [1.165, 1.54) is 0 Å². The number of nitrogens with one attached hydrogen (secondary N) is 1. The molecule has 0 bridgehead atoms.